The van der Waals surface area contributed by atoms with Gasteiger partial charge in [-0.2, -0.15) is 17.7 Å². The van der Waals surface area contributed by atoms with E-state index in [9.17, 15) is 23.1 Å². The lowest BCUT2D eigenvalue weighted by atomic mass is 9.84. The van der Waals surface area contributed by atoms with Gasteiger partial charge in [-0.1, -0.05) is 12.1 Å². The van der Waals surface area contributed by atoms with Crippen LogP contribution in [-0.2, 0) is 21.3 Å². The van der Waals surface area contributed by atoms with Crippen molar-refractivity contribution in [1.29, 1.82) is 0 Å². The van der Waals surface area contributed by atoms with E-state index in [0.717, 1.165) is 0 Å². The number of aromatic nitrogens is 4. The van der Waals surface area contributed by atoms with E-state index >= 15 is 0 Å². The molecule has 4 rings (SSSR count). The van der Waals surface area contributed by atoms with Crippen LogP contribution in [0.3, 0.4) is 0 Å². The van der Waals surface area contributed by atoms with Crippen molar-refractivity contribution < 1.29 is 32.5 Å². The molecule has 3 aromatic rings. The van der Waals surface area contributed by atoms with Crippen molar-refractivity contribution in [2.24, 2.45) is 0 Å². The minimum atomic E-state index is -4.67. The second-order valence-electron chi connectivity index (χ2n) is 8.62. The highest BCUT2D eigenvalue weighted by Gasteiger charge is 2.38. The van der Waals surface area contributed by atoms with E-state index in [-0.39, 0.29) is 18.2 Å². The van der Waals surface area contributed by atoms with Crippen molar-refractivity contribution in [1.82, 2.24) is 24.7 Å². The van der Waals surface area contributed by atoms with Crippen LogP contribution in [0.25, 0.3) is 5.65 Å². The summed E-state index contributed by atoms with van der Waals surface area (Å²) in [5.41, 5.74) is -0.409. The summed E-state index contributed by atoms with van der Waals surface area (Å²) < 4.78 is 50.7. The molecule has 1 fully saturated rings. The maximum Gasteiger partial charge on any atom is 0.453 e. The predicted octanol–water partition coefficient (Wildman–Crippen LogP) is 2.11. The van der Waals surface area contributed by atoms with Gasteiger partial charge >= 0.3 is 6.18 Å². The zero-order chi connectivity index (χ0) is 25.9. The molecular formula is C23H27F3N6O4. The van der Waals surface area contributed by atoms with Crippen molar-refractivity contribution in [3.05, 3.63) is 47.8 Å². The highest BCUT2D eigenvalue weighted by molar-refractivity contribution is 5.77. The first-order valence-corrected chi connectivity index (χ1v) is 11.3. The van der Waals surface area contributed by atoms with E-state index in [4.69, 9.17) is 9.47 Å². The first kappa shape index (κ1) is 25.6. The van der Waals surface area contributed by atoms with Gasteiger partial charge in [0.05, 0.1) is 12.2 Å². The summed E-state index contributed by atoms with van der Waals surface area (Å²) in [7, 11) is 3.24. The Morgan fingerprint density at radius 2 is 1.83 bits per heavy atom. The molecule has 0 aliphatic carbocycles. The van der Waals surface area contributed by atoms with Gasteiger partial charge in [-0.3, -0.25) is 4.79 Å². The minimum Gasteiger partial charge on any atom is -0.484 e. The smallest absolute Gasteiger partial charge is 0.453 e. The average molecular weight is 509 g/mol. The molecule has 0 radical (unpaired) electrons. The molecule has 1 aromatic carbocycles. The number of nitrogens with zero attached hydrogens (tertiary/aromatic N) is 6. The van der Waals surface area contributed by atoms with Gasteiger partial charge in [-0.05, 0) is 42.7 Å². The normalized spacial score (nSPS) is 15.8. The fourth-order valence-electron chi connectivity index (χ4n) is 3.99. The van der Waals surface area contributed by atoms with Crippen LogP contribution in [0.2, 0.25) is 0 Å². The SMILES string of the molecule is COCCN(C)C(=O)COc1ccc(C2(O)CCN(c3ccc4nnc(C(F)(F)F)n4n3)CC2)cc1. The maximum atomic E-state index is 13.2. The van der Waals surface area contributed by atoms with Crippen LogP contribution in [0.5, 0.6) is 5.75 Å². The highest BCUT2D eigenvalue weighted by Crippen LogP contribution is 2.35. The Kier molecular flexibility index (Phi) is 7.31. The number of piperidine rings is 1. The van der Waals surface area contributed by atoms with E-state index in [2.05, 4.69) is 15.3 Å². The van der Waals surface area contributed by atoms with Crippen molar-refractivity contribution in [2.45, 2.75) is 24.6 Å². The zero-order valence-corrected chi connectivity index (χ0v) is 19.9. The number of alkyl halides is 3. The molecule has 2 aromatic heterocycles. The Morgan fingerprint density at radius 3 is 2.47 bits per heavy atom. The molecule has 1 aliphatic rings. The number of carbonyl (C=O) groups excluding carboxylic acids is 1. The van der Waals surface area contributed by atoms with Crippen molar-refractivity contribution >= 4 is 17.4 Å². The minimum absolute atomic E-state index is 0.00483. The van der Waals surface area contributed by atoms with Crippen LogP contribution in [0.4, 0.5) is 19.0 Å². The van der Waals surface area contributed by atoms with Crippen LogP contribution in [0.1, 0.15) is 24.2 Å². The number of halogens is 3. The number of aliphatic hydroxyl groups is 1. The summed E-state index contributed by atoms with van der Waals surface area (Å²) >= 11 is 0. The number of carbonyl (C=O) groups is 1. The summed E-state index contributed by atoms with van der Waals surface area (Å²) in [6, 6.07) is 9.92. The number of amides is 1. The lowest BCUT2D eigenvalue weighted by Gasteiger charge is -2.39. The van der Waals surface area contributed by atoms with E-state index < -0.39 is 17.6 Å². The highest BCUT2D eigenvalue weighted by atomic mass is 19.4. The molecule has 0 atom stereocenters. The first-order valence-electron chi connectivity index (χ1n) is 11.3. The predicted molar refractivity (Wildman–Crippen MR) is 123 cm³/mol. The fourth-order valence-corrected chi connectivity index (χ4v) is 3.99. The number of likely N-dealkylation sites (N-methyl/N-ethyl adjacent to an activating group) is 1. The molecule has 194 valence electrons. The van der Waals surface area contributed by atoms with E-state index in [0.29, 0.717) is 60.7 Å². The van der Waals surface area contributed by atoms with Gasteiger partial charge in [-0.25, -0.2) is 0 Å². The molecular weight excluding hydrogens is 481 g/mol. The second kappa shape index (κ2) is 10.3. The number of benzene rings is 1. The van der Waals surface area contributed by atoms with Gasteiger partial charge < -0.3 is 24.4 Å². The molecule has 0 unspecified atom stereocenters. The summed E-state index contributed by atoms with van der Waals surface area (Å²) in [6.07, 6.45) is -3.97. The average Bonchev–Trinajstić information content (AvgIpc) is 3.30. The number of methoxy groups -OCH3 is 1. The largest absolute Gasteiger partial charge is 0.484 e. The van der Waals surface area contributed by atoms with Gasteiger partial charge in [0.1, 0.15) is 11.6 Å². The number of ether oxygens (including phenoxy) is 2. The molecule has 0 bridgehead atoms. The third-order valence-electron chi connectivity index (χ3n) is 6.23. The van der Waals surface area contributed by atoms with E-state index in [1.165, 1.54) is 11.0 Å². The van der Waals surface area contributed by atoms with Crippen molar-refractivity contribution in [3.63, 3.8) is 0 Å². The lowest BCUT2D eigenvalue weighted by Crippen LogP contribution is -2.43. The quantitative estimate of drug-likeness (QED) is 0.494. The summed E-state index contributed by atoms with van der Waals surface area (Å²) in [4.78, 5) is 15.4. The van der Waals surface area contributed by atoms with Gasteiger partial charge in [0.15, 0.2) is 12.3 Å². The van der Waals surface area contributed by atoms with Gasteiger partial charge in [-0.15, -0.1) is 15.3 Å². The van der Waals surface area contributed by atoms with Gasteiger partial charge in [0.25, 0.3) is 11.7 Å². The molecule has 1 N–H and O–H groups in total. The first-order chi connectivity index (χ1) is 17.1. The standard InChI is InChI=1S/C23H27F3N6O4/c1-30(13-14-35-2)20(33)15-36-17-5-3-16(4-6-17)22(34)9-11-31(12-10-22)19-8-7-18-27-28-21(23(24,25)26)32(18)29-19/h3-8,34H,9-15H2,1-2H3. The summed E-state index contributed by atoms with van der Waals surface area (Å²) in [6.45, 7) is 1.57. The molecule has 1 amide bonds. The Bertz CT molecular complexity index is 1190. The Hall–Kier alpha value is -3.45. The Labute approximate surface area is 205 Å². The Balaban J connectivity index is 1.37. The number of hydrogen-bond acceptors (Lipinski definition) is 8. The molecule has 0 spiro atoms. The van der Waals surface area contributed by atoms with Crippen LogP contribution in [-0.4, -0.2) is 82.7 Å². The summed E-state index contributed by atoms with van der Waals surface area (Å²) in [5, 5.41) is 22.0. The van der Waals surface area contributed by atoms with E-state index in [1.54, 1.807) is 44.5 Å². The molecule has 1 saturated heterocycles. The molecule has 0 saturated carbocycles. The van der Waals surface area contributed by atoms with Crippen molar-refractivity contribution in [2.75, 3.05) is 51.9 Å². The van der Waals surface area contributed by atoms with Crippen molar-refractivity contribution in [3.8, 4) is 5.75 Å². The third-order valence-corrected chi connectivity index (χ3v) is 6.23. The maximum absolute atomic E-state index is 13.2. The molecule has 1 aliphatic heterocycles. The second-order valence-corrected chi connectivity index (χ2v) is 8.62. The molecule has 36 heavy (non-hydrogen) atoms. The number of anilines is 1. The fraction of sp³-hybridized carbons (Fsp3) is 0.478. The van der Waals surface area contributed by atoms with E-state index in [1.807, 2.05) is 4.90 Å². The molecule has 13 heteroatoms. The zero-order valence-electron chi connectivity index (χ0n) is 19.9. The third kappa shape index (κ3) is 5.51. The van der Waals surface area contributed by atoms with Crippen LogP contribution < -0.4 is 9.64 Å². The van der Waals surface area contributed by atoms with Gasteiger partial charge in [0.2, 0.25) is 0 Å². The van der Waals surface area contributed by atoms with Crippen LogP contribution >= 0.6 is 0 Å². The molecule has 10 nitrogen and oxygen atoms in total. The number of rotatable bonds is 8. The lowest BCUT2D eigenvalue weighted by molar-refractivity contribution is -0.146. The van der Waals surface area contributed by atoms with Gasteiger partial charge in [0, 0.05) is 33.8 Å². The number of fused-ring (bicyclic) bond motifs is 1. The van der Waals surface area contributed by atoms with Crippen LogP contribution in [0, 0.1) is 0 Å². The molecule has 3 heterocycles. The topological polar surface area (TPSA) is 105 Å². The monoisotopic (exact) mass is 508 g/mol. The number of hydrogen-bond donors (Lipinski definition) is 1. The Morgan fingerprint density at radius 1 is 1.14 bits per heavy atom. The van der Waals surface area contributed by atoms with Crippen LogP contribution in [0.15, 0.2) is 36.4 Å². The summed E-state index contributed by atoms with van der Waals surface area (Å²) in [5.74, 6) is -0.514.